The van der Waals surface area contributed by atoms with Crippen molar-refractivity contribution in [1.29, 1.82) is 0 Å². The summed E-state index contributed by atoms with van der Waals surface area (Å²) in [5.74, 6) is 0. The molecule has 0 fully saturated rings. The molecular formula is C24H30N4O2. The second kappa shape index (κ2) is 9.59. The molecule has 3 rings (SSSR count). The average Bonchev–Trinajstić information content (AvgIpc) is 2.70. The molecule has 2 amide bonds. The van der Waals surface area contributed by atoms with E-state index in [0.717, 1.165) is 27.6 Å². The van der Waals surface area contributed by atoms with E-state index in [-0.39, 0.29) is 18.1 Å². The number of H-pyrrole nitrogens is 1. The van der Waals surface area contributed by atoms with Gasteiger partial charge >= 0.3 is 6.03 Å². The number of pyridine rings is 1. The van der Waals surface area contributed by atoms with Crippen LogP contribution in [-0.4, -0.2) is 48.0 Å². The number of nitrogens with zero attached hydrogens (tertiary/aromatic N) is 2. The maximum absolute atomic E-state index is 12.9. The maximum Gasteiger partial charge on any atom is 0.318 e. The largest absolute Gasteiger partial charge is 0.334 e. The van der Waals surface area contributed by atoms with Crippen molar-refractivity contribution in [1.82, 2.24) is 20.1 Å². The number of carbonyl (C=O) groups excluding carboxylic acids is 1. The Balaban J connectivity index is 1.82. The Labute approximate surface area is 177 Å². The molecule has 0 aliphatic rings. The molecule has 0 atom stereocenters. The Morgan fingerprint density at radius 1 is 1.03 bits per heavy atom. The average molecular weight is 407 g/mol. The molecule has 158 valence electrons. The summed E-state index contributed by atoms with van der Waals surface area (Å²) in [5.41, 5.74) is 4.51. The molecule has 6 nitrogen and oxygen atoms in total. The minimum atomic E-state index is -0.180. The Morgan fingerprint density at radius 2 is 1.77 bits per heavy atom. The van der Waals surface area contributed by atoms with E-state index in [1.807, 2.05) is 75.3 Å². The number of benzene rings is 2. The minimum Gasteiger partial charge on any atom is -0.334 e. The Hall–Kier alpha value is -3.12. The molecule has 1 aromatic heterocycles. The predicted molar refractivity (Wildman–Crippen MR) is 122 cm³/mol. The Kier molecular flexibility index (Phi) is 6.90. The summed E-state index contributed by atoms with van der Waals surface area (Å²) in [7, 11) is 3.93. The van der Waals surface area contributed by atoms with Crippen LogP contribution in [0.5, 0.6) is 0 Å². The molecule has 1 heterocycles. The number of urea groups is 1. The van der Waals surface area contributed by atoms with Gasteiger partial charge in [0.1, 0.15) is 0 Å². The van der Waals surface area contributed by atoms with Crippen molar-refractivity contribution in [3.63, 3.8) is 0 Å². The summed E-state index contributed by atoms with van der Waals surface area (Å²) in [5, 5.41) is 3.98. The van der Waals surface area contributed by atoms with Crippen molar-refractivity contribution in [2.24, 2.45) is 0 Å². The molecule has 0 radical (unpaired) electrons. The van der Waals surface area contributed by atoms with Crippen LogP contribution in [-0.2, 0) is 13.1 Å². The van der Waals surface area contributed by atoms with Gasteiger partial charge in [0, 0.05) is 36.1 Å². The normalized spacial score (nSPS) is 11.1. The van der Waals surface area contributed by atoms with Crippen LogP contribution in [0.1, 0.15) is 22.3 Å². The van der Waals surface area contributed by atoms with E-state index >= 15 is 0 Å². The third kappa shape index (κ3) is 5.48. The molecule has 2 aromatic carbocycles. The fraction of sp³-hybridized carbons (Fsp3) is 0.333. The molecule has 0 saturated heterocycles. The van der Waals surface area contributed by atoms with E-state index in [9.17, 15) is 9.59 Å². The smallest absolute Gasteiger partial charge is 0.318 e. The van der Waals surface area contributed by atoms with Crippen LogP contribution in [0.15, 0.2) is 53.3 Å². The number of hydrogen-bond donors (Lipinski definition) is 2. The summed E-state index contributed by atoms with van der Waals surface area (Å²) >= 11 is 0. The monoisotopic (exact) mass is 406 g/mol. The number of rotatable bonds is 7. The predicted octanol–water partition coefficient (Wildman–Crippen LogP) is 3.42. The van der Waals surface area contributed by atoms with Crippen LogP contribution < -0.4 is 10.9 Å². The van der Waals surface area contributed by atoms with Crippen LogP contribution in [0.3, 0.4) is 0 Å². The van der Waals surface area contributed by atoms with E-state index in [0.29, 0.717) is 25.2 Å². The molecule has 6 heteroatoms. The van der Waals surface area contributed by atoms with Crippen LogP contribution >= 0.6 is 0 Å². The molecule has 0 aliphatic carbocycles. The summed E-state index contributed by atoms with van der Waals surface area (Å²) < 4.78 is 0. The van der Waals surface area contributed by atoms with Gasteiger partial charge in [-0.25, -0.2) is 4.79 Å². The van der Waals surface area contributed by atoms with Crippen molar-refractivity contribution in [2.45, 2.75) is 26.9 Å². The molecule has 0 saturated carbocycles. The van der Waals surface area contributed by atoms with Gasteiger partial charge in [-0.15, -0.1) is 0 Å². The van der Waals surface area contributed by atoms with Crippen LogP contribution in [0.25, 0.3) is 10.9 Å². The van der Waals surface area contributed by atoms with Crippen molar-refractivity contribution < 1.29 is 4.79 Å². The molecule has 0 spiro atoms. The number of aromatic nitrogens is 1. The third-order valence-corrected chi connectivity index (χ3v) is 5.14. The lowest BCUT2D eigenvalue weighted by atomic mass is 10.0. The lowest BCUT2D eigenvalue weighted by molar-refractivity contribution is 0.188. The van der Waals surface area contributed by atoms with Gasteiger partial charge in [0.2, 0.25) is 0 Å². The van der Waals surface area contributed by atoms with E-state index < -0.39 is 0 Å². The second-order valence-electron chi connectivity index (χ2n) is 8.04. The number of likely N-dealkylation sites (N-methyl/N-ethyl adjacent to an activating group) is 1. The van der Waals surface area contributed by atoms with Crippen molar-refractivity contribution in [3.05, 3.63) is 81.1 Å². The Morgan fingerprint density at radius 3 is 2.47 bits per heavy atom. The lowest BCUT2D eigenvalue weighted by Crippen LogP contribution is -2.43. The van der Waals surface area contributed by atoms with Gasteiger partial charge in [-0.1, -0.05) is 36.4 Å². The van der Waals surface area contributed by atoms with Crippen molar-refractivity contribution >= 4 is 16.9 Å². The van der Waals surface area contributed by atoms with Gasteiger partial charge < -0.3 is 20.1 Å². The first-order chi connectivity index (χ1) is 14.3. The van der Waals surface area contributed by atoms with Crippen LogP contribution in [0.4, 0.5) is 4.79 Å². The summed E-state index contributed by atoms with van der Waals surface area (Å²) in [4.78, 5) is 32.3. The number of amides is 2. The summed E-state index contributed by atoms with van der Waals surface area (Å²) in [6.07, 6.45) is 0. The molecule has 3 aromatic rings. The van der Waals surface area contributed by atoms with E-state index in [1.54, 1.807) is 4.90 Å². The Bertz CT molecular complexity index is 1070. The summed E-state index contributed by atoms with van der Waals surface area (Å²) in [6, 6.07) is 15.6. The van der Waals surface area contributed by atoms with Gasteiger partial charge in [-0.05, 0) is 56.8 Å². The molecule has 0 aliphatic heterocycles. The number of aromatic amines is 1. The van der Waals surface area contributed by atoms with Gasteiger partial charge in [-0.3, -0.25) is 4.79 Å². The highest BCUT2D eigenvalue weighted by molar-refractivity contribution is 5.83. The van der Waals surface area contributed by atoms with Crippen LogP contribution in [0, 0.1) is 13.8 Å². The number of nitrogens with one attached hydrogen (secondary N) is 2. The van der Waals surface area contributed by atoms with Gasteiger partial charge in [0.05, 0.1) is 6.54 Å². The topological polar surface area (TPSA) is 68.4 Å². The second-order valence-corrected chi connectivity index (χ2v) is 8.04. The highest BCUT2D eigenvalue weighted by Gasteiger charge is 2.16. The third-order valence-electron chi connectivity index (χ3n) is 5.14. The number of aryl methyl sites for hydroxylation is 2. The zero-order chi connectivity index (χ0) is 21.7. The molecule has 0 bridgehead atoms. The highest BCUT2D eigenvalue weighted by Crippen LogP contribution is 2.19. The van der Waals surface area contributed by atoms with E-state index in [1.165, 1.54) is 0 Å². The first-order valence-electron chi connectivity index (χ1n) is 10.2. The molecule has 30 heavy (non-hydrogen) atoms. The van der Waals surface area contributed by atoms with Crippen molar-refractivity contribution in [2.75, 3.05) is 27.2 Å². The zero-order valence-electron chi connectivity index (χ0n) is 18.2. The first kappa shape index (κ1) is 21.6. The number of carbonyl (C=O) groups is 1. The minimum absolute atomic E-state index is 0.154. The SMILES string of the molecule is Cc1cc(C)c2cc(CN(CCN(C)C)C(=O)NCc3ccccc3)c(=O)[nH]c2c1. The lowest BCUT2D eigenvalue weighted by Gasteiger charge is -2.25. The summed E-state index contributed by atoms with van der Waals surface area (Å²) in [6.45, 7) is 5.99. The first-order valence-corrected chi connectivity index (χ1v) is 10.2. The van der Waals surface area contributed by atoms with Gasteiger partial charge in [-0.2, -0.15) is 0 Å². The van der Waals surface area contributed by atoms with Crippen molar-refractivity contribution in [3.8, 4) is 0 Å². The quantitative estimate of drug-likeness (QED) is 0.632. The standard InChI is InChI=1S/C24H30N4O2/c1-17-12-18(2)21-14-20(23(29)26-22(21)13-17)16-28(11-10-27(3)4)24(30)25-15-19-8-6-5-7-9-19/h5-9,12-14H,10-11,15-16H2,1-4H3,(H,25,30)(H,26,29). The number of fused-ring (bicyclic) bond motifs is 1. The molecular weight excluding hydrogens is 376 g/mol. The molecule has 2 N–H and O–H groups in total. The van der Waals surface area contributed by atoms with Crippen LogP contribution in [0.2, 0.25) is 0 Å². The fourth-order valence-electron chi connectivity index (χ4n) is 3.50. The van der Waals surface area contributed by atoms with Gasteiger partial charge in [0.15, 0.2) is 0 Å². The fourth-order valence-corrected chi connectivity index (χ4v) is 3.50. The van der Waals surface area contributed by atoms with E-state index in [2.05, 4.69) is 16.4 Å². The highest BCUT2D eigenvalue weighted by atomic mass is 16.2. The van der Waals surface area contributed by atoms with E-state index in [4.69, 9.17) is 0 Å². The molecule has 0 unspecified atom stereocenters. The van der Waals surface area contributed by atoms with Gasteiger partial charge in [0.25, 0.3) is 5.56 Å². The maximum atomic E-state index is 12.9. The zero-order valence-corrected chi connectivity index (χ0v) is 18.2. The number of hydrogen-bond acceptors (Lipinski definition) is 3.